The van der Waals surface area contributed by atoms with Gasteiger partial charge in [0.15, 0.2) is 0 Å². The highest BCUT2D eigenvalue weighted by Crippen LogP contribution is 2.17. The SMILES string of the molecule is C[C@H](C(=O)NCCc1cccs1)N(C)Cc1ccc2ccccc2c1. The van der Waals surface area contributed by atoms with Crippen molar-refractivity contribution in [2.75, 3.05) is 13.6 Å². The Morgan fingerprint density at radius 1 is 1.12 bits per heavy atom. The van der Waals surface area contributed by atoms with Crippen LogP contribution in [0.2, 0.25) is 0 Å². The summed E-state index contributed by atoms with van der Waals surface area (Å²) in [4.78, 5) is 15.8. The Hall–Kier alpha value is -2.17. The topological polar surface area (TPSA) is 32.3 Å². The zero-order valence-corrected chi connectivity index (χ0v) is 15.6. The van der Waals surface area contributed by atoms with Crippen molar-refractivity contribution in [3.05, 3.63) is 70.4 Å². The van der Waals surface area contributed by atoms with Gasteiger partial charge in [-0.2, -0.15) is 0 Å². The Bertz CT molecular complexity index is 829. The van der Waals surface area contributed by atoms with Gasteiger partial charge in [0.05, 0.1) is 6.04 Å². The first kappa shape index (κ1) is 17.6. The maximum Gasteiger partial charge on any atom is 0.237 e. The van der Waals surface area contributed by atoms with E-state index >= 15 is 0 Å². The first-order valence-corrected chi connectivity index (χ1v) is 9.49. The summed E-state index contributed by atoms with van der Waals surface area (Å²) in [6.07, 6.45) is 0.893. The number of thiophene rings is 1. The van der Waals surface area contributed by atoms with Crippen molar-refractivity contribution in [2.45, 2.75) is 25.9 Å². The molecule has 1 aromatic heterocycles. The molecular formula is C21H24N2OS. The summed E-state index contributed by atoms with van der Waals surface area (Å²) in [5.74, 6) is 0.0832. The van der Waals surface area contributed by atoms with Gasteiger partial charge < -0.3 is 5.32 Å². The smallest absolute Gasteiger partial charge is 0.237 e. The zero-order valence-electron chi connectivity index (χ0n) is 14.7. The van der Waals surface area contributed by atoms with Crippen LogP contribution in [0.4, 0.5) is 0 Å². The van der Waals surface area contributed by atoms with Gasteiger partial charge in [0.25, 0.3) is 0 Å². The summed E-state index contributed by atoms with van der Waals surface area (Å²) >= 11 is 1.73. The normalized spacial score (nSPS) is 12.4. The number of amides is 1. The van der Waals surface area contributed by atoms with Crippen LogP contribution < -0.4 is 5.32 Å². The average Bonchev–Trinajstić information content (AvgIpc) is 3.14. The molecule has 130 valence electrons. The number of hydrogen-bond acceptors (Lipinski definition) is 3. The van der Waals surface area contributed by atoms with E-state index in [1.807, 2.05) is 20.0 Å². The predicted molar refractivity (Wildman–Crippen MR) is 106 cm³/mol. The van der Waals surface area contributed by atoms with Crippen LogP contribution >= 0.6 is 11.3 Å². The highest BCUT2D eigenvalue weighted by molar-refractivity contribution is 7.09. The van der Waals surface area contributed by atoms with Gasteiger partial charge in [-0.05, 0) is 54.2 Å². The molecule has 0 saturated heterocycles. The van der Waals surface area contributed by atoms with Crippen LogP contribution in [0.25, 0.3) is 10.8 Å². The third kappa shape index (κ3) is 4.68. The number of carbonyl (C=O) groups is 1. The van der Waals surface area contributed by atoms with Gasteiger partial charge in [0, 0.05) is 18.0 Å². The number of fused-ring (bicyclic) bond motifs is 1. The molecule has 0 aliphatic rings. The van der Waals surface area contributed by atoms with Crippen LogP contribution in [-0.2, 0) is 17.8 Å². The molecule has 1 heterocycles. The fourth-order valence-electron chi connectivity index (χ4n) is 2.87. The predicted octanol–water partition coefficient (Wildman–Crippen LogP) is 4.08. The largest absolute Gasteiger partial charge is 0.354 e. The average molecular weight is 353 g/mol. The van der Waals surface area contributed by atoms with Gasteiger partial charge in [0.1, 0.15) is 0 Å². The third-order valence-electron chi connectivity index (χ3n) is 4.54. The lowest BCUT2D eigenvalue weighted by Crippen LogP contribution is -2.43. The van der Waals surface area contributed by atoms with Crippen molar-refractivity contribution < 1.29 is 4.79 Å². The molecule has 2 aromatic carbocycles. The Morgan fingerprint density at radius 2 is 1.92 bits per heavy atom. The summed E-state index contributed by atoms with van der Waals surface area (Å²) in [5.41, 5.74) is 1.22. The number of nitrogens with zero attached hydrogens (tertiary/aromatic N) is 1. The van der Waals surface area contributed by atoms with E-state index in [1.165, 1.54) is 21.2 Å². The van der Waals surface area contributed by atoms with Crippen LogP contribution in [0.3, 0.4) is 0 Å². The van der Waals surface area contributed by atoms with E-state index in [4.69, 9.17) is 0 Å². The molecule has 1 N–H and O–H groups in total. The fourth-order valence-corrected chi connectivity index (χ4v) is 3.58. The van der Waals surface area contributed by atoms with Crippen LogP contribution in [0.1, 0.15) is 17.4 Å². The molecule has 0 aliphatic carbocycles. The fraction of sp³-hybridized carbons (Fsp3) is 0.286. The number of nitrogens with one attached hydrogen (secondary N) is 1. The van der Waals surface area contributed by atoms with Gasteiger partial charge >= 0.3 is 0 Å². The highest BCUT2D eigenvalue weighted by Gasteiger charge is 2.17. The van der Waals surface area contributed by atoms with E-state index < -0.39 is 0 Å². The van der Waals surface area contributed by atoms with Gasteiger partial charge in [-0.15, -0.1) is 11.3 Å². The molecule has 0 fully saturated rings. The molecule has 0 bridgehead atoms. The van der Waals surface area contributed by atoms with E-state index in [-0.39, 0.29) is 11.9 Å². The molecule has 4 heteroatoms. The first-order chi connectivity index (χ1) is 12.1. The maximum atomic E-state index is 12.4. The van der Waals surface area contributed by atoms with Gasteiger partial charge in [-0.1, -0.05) is 42.5 Å². The quantitative estimate of drug-likeness (QED) is 0.695. The van der Waals surface area contributed by atoms with Crippen LogP contribution in [-0.4, -0.2) is 30.4 Å². The minimum atomic E-state index is -0.158. The monoisotopic (exact) mass is 352 g/mol. The van der Waals surface area contributed by atoms with E-state index in [0.717, 1.165) is 13.0 Å². The Balaban J connectivity index is 1.53. The minimum absolute atomic E-state index is 0.0832. The van der Waals surface area contributed by atoms with Crippen molar-refractivity contribution in [3.8, 4) is 0 Å². The van der Waals surface area contributed by atoms with Crippen molar-refractivity contribution in [1.82, 2.24) is 10.2 Å². The first-order valence-electron chi connectivity index (χ1n) is 8.61. The molecular weight excluding hydrogens is 328 g/mol. The number of hydrogen-bond donors (Lipinski definition) is 1. The summed E-state index contributed by atoms with van der Waals surface area (Å²) in [5, 5.41) is 7.59. The number of rotatable bonds is 7. The maximum absolute atomic E-state index is 12.4. The molecule has 0 radical (unpaired) electrons. The number of likely N-dealkylation sites (N-methyl/N-ethyl adjacent to an activating group) is 1. The minimum Gasteiger partial charge on any atom is -0.354 e. The molecule has 0 unspecified atom stereocenters. The molecule has 0 spiro atoms. The van der Waals surface area contributed by atoms with Gasteiger partial charge in [0.2, 0.25) is 5.91 Å². The van der Waals surface area contributed by atoms with E-state index in [2.05, 4.69) is 64.1 Å². The number of benzene rings is 2. The molecule has 0 saturated carbocycles. The molecule has 3 aromatic rings. The van der Waals surface area contributed by atoms with E-state index in [9.17, 15) is 4.79 Å². The second-order valence-corrected chi connectivity index (χ2v) is 7.43. The molecule has 3 nitrogen and oxygen atoms in total. The van der Waals surface area contributed by atoms with Gasteiger partial charge in [-0.25, -0.2) is 0 Å². The van der Waals surface area contributed by atoms with Crippen molar-refractivity contribution >= 4 is 28.0 Å². The summed E-state index contributed by atoms with van der Waals surface area (Å²) in [7, 11) is 2.00. The summed E-state index contributed by atoms with van der Waals surface area (Å²) < 4.78 is 0. The van der Waals surface area contributed by atoms with E-state index in [0.29, 0.717) is 6.54 Å². The van der Waals surface area contributed by atoms with Crippen molar-refractivity contribution in [2.24, 2.45) is 0 Å². The molecule has 3 rings (SSSR count). The Labute approximate surface area is 153 Å². The zero-order chi connectivity index (χ0) is 17.6. The van der Waals surface area contributed by atoms with Crippen molar-refractivity contribution in [1.29, 1.82) is 0 Å². The second-order valence-electron chi connectivity index (χ2n) is 6.39. The molecule has 0 aliphatic heterocycles. The van der Waals surface area contributed by atoms with Crippen molar-refractivity contribution in [3.63, 3.8) is 0 Å². The second kappa shape index (κ2) is 8.28. The Morgan fingerprint density at radius 3 is 2.68 bits per heavy atom. The molecule has 1 amide bonds. The molecule has 25 heavy (non-hydrogen) atoms. The van der Waals surface area contributed by atoms with E-state index in [1.54, 1.807) is 11.3 Å². The van der Waals surface area contributed by atoms with Crippen LogP contribution in [0, 0.1) is 0 Å². The van der Waals surface area contributed by atoms with Crippen LogP contribution in [0.5, 0.6) is 0 Å². The lowest BCUT2D eigenvalue weighted by Gasteiger charge is -2.24. The third-order valence-corrected chi connectivity index (χ3v) is 5.47. The van der Waals surface area contributed by atoms with Crippen LogP contribution in [0.15, 0.2) is 60.0 Å². The van der Waals surface area contributed by atoms with Gasteiger partial charge in [-0.3, -0.25) is 9.69 Å². The lowest BCUT2D eigenvalue weighted by atomic mass is 10.1. The highest BCUT2D eigenvalue weighted by atomic mass is 32.1. The Kier molecular flexibility index (Phi) is 5.84. The molecule has 1 atom stereocenters. The number of carbonyl (C=O) groups excluding carboxylic acids is 1. The summed E-state index contributed by atoms with van der Waals surface area (Å²) in [6.45, 7) is 3.40. The summed E-state index contributed by atoms with van der Waals surface area (Å²) in [6, 6.07) is 18.8. The lowest BCUT2D eigenvalue weighted by molar-refractivity contribution is -0.125. The standard InChI is InChI=1S/C21H24N2OS/c1-16(21(24)22-12-11-20-8-5-13-25-20)23(2)15-17-9-10-18-6-3-4-7-19(18)14-17/h3-10,13-14,16H,11-12,15H2,1-2H3,(H,22,24)/t16-/m1/s1.